The third-order valence-corrected chi connectivity index (χ3v) is 17.2. The maximum absolute atomic E-state index is 12.8. The first-order chi connectivity index (χ1) is 32.8. The van der Waals surface area contributed by atoms with Gasteiger partial charge in [-0.2, -0.15) is 0 Å². The quantitative estimate of drug-likeness (QED) is 0.131. The molecule has 8 rings (SSSR count). The minimum absolute atomic E-state index is 0.0255. The second-order valence-electron chi connectivity index (χ2n) is 18.6. The second kappa shape index (κ2) is 25.8. The summed E-state index contributed by atoms with van der Waals surface area (Å²) >= 11 is 23.1. The maximum atomic E-state index is 12.8. The topological polar surface area (TPSA) is 138 Å². The van der Waals surface area contributed by atoms with Crippen LogP contribution in [0.25, 0.3) is 0 Å². The van der Waals surface area contributed by atoms with Gasteiger partial charge in [-0.1, -0.05) is 70.7 Å². The molecule has 69 heavy (non-hydrogen) atoms. The summed E-state index contributed by atoms with van der Waals surface area (Å²) in [6.07, 6.45) is 8.88. The van der Waals surface area contributed by atoms with E-state index >= 15 is 0 Å². The molecular formula is C50H67Cl5N6O6S2. The van der Waals surface area contributed by atoms with Crippen molar-refractivity contribution in [3.63, 3.8) is 0 Å². The van der Waals surface area contributed by atoms with Crippen LogP contribution in [0.1, 0.15) is 79.1 Å². The van der Waals surface area contributed by atoms with E-state index in [2.05, 4.69) is 88.4 Å². The van der Waals surface area contributed by atoms with E-state index in [-0.39, 0.29) is 38.1 Å². The number of piperazine rings is 2. The Hall–Kier alpha value is -2.73. The third-order valence-electron chi connectivity index (χ3n) is 12.9. The Morgan fingerprint density at radius 3 is 1.33 bits per heavy atom. The highest BCUT2D eigenvalue weighted by Gasteiger charge is 2.32. The fourth-order valence-electron chi connectivity index (χ4n) is 9.47. The number of sulfonamides is 1. The average molecular weight is 1090 g/mol. The molecule has 4 aromatic carbocycles. The number of rotatable bonds is 12. The molecule has 4 aromatic rings. The Morgan fingerprint density at radius 2 is 0.942 bits per heavy atom. The number of halogens is 5. The van der Waals surface area contributed by atoms with Crippen LogP contribution in [0.4, 0.5) is 11.4 Å². The van der Waals surface area contributed by atoms with Crippen molar-refractivity contribution in [1.82, 2.24) is 14.5 Å². The smallest absolute Gasteiger partial charge is 0.262 e. The SMILES string of the molecule is CC(C)Oc1ccccc1N1CCN(C2CCC(N)CC2)CC1.CC(C)Oc1ccccc1N1CCN(C2CCC(NS(=O)(=O)c3ccc(Cl)cc3Cl)CC2)CC1.O=S(=O)(Cl)c1ccc(Cl)cc1Cl. The number of hydrogen-bond donors (Lipinski definition) is 2. The summed E-state index contributed by atoms with van der Waals surface area (Å²) in [5.74, 6) is 1.96. The Kier molecular flexibility index (Phi) is 20.8. The molecule has 4 fully saturated rings. The van der Waals surface area contributed by atoms with E-state index in [0.29, 0.717) is 22.1 Å². The van der Waals surface area contributed by atoms with E-state index in [1.54, 1.807) is 6.07 Å². The van der Waals surface area contributed by atoms with Gasteiger partial charge in [-0.05, 0) is 140 Å². The van der Waals surface area contributed by atoms with Crippen molar-refractivity contribution < 1.29 is 26.3 Å². The Labute approximate surface area is 435 Å². The van der Waals surface area contributed by atoms with Gasteiger partial charge in [0.1, 0.15) is 21.3 Å². The molecule has 0 atom stereocenters. The summed E-state index contributed by atoms with van der Waals surface area (Å²) in [7, 11) is -2.38. The molecule has 380 valence electrons. The zero-order valence-electron chi connectivity index (χ0n) is 39.9. The van der Waals surface area contributed by atoms with E-state index in [1.165, 1.54) is 61.7 Å². The van der Waals surface area contributed by atoms with Gasteiger partial charge in [0.2, 0.25) is 10.0 Å². The molecule has 0 bridgehead atoms. The lowest BCUT2D eigenvalue weighted by Gasteiger charge is -2.43. The highest BCUT2D eigenvalue weighted by atomic mass is 35.7. The number of nitrogens with zero attached hydrogens (tertiary/aromatic N) is 4. The molecule has 2 saturated carbocycles. The van der Waals surface area contributed by atoms with Crippen molar-refractivity contribution in [2.45, 2.75) is 125 Å². The van der Waals surface area contributed by atoms with E-state index < -0.39 is 19.1 Å². The Morgan fingerprint density at radius 1 is 0.551 bits per heavy atom. The van der Waals surface area contributed by atoms with Crippen molar-refractivity contribution >= 4 is 87.5 Å². The molecule has 4 aliphatic rings. The van der Waals surface area contributed by atoms with Gasteiger partial charge < -0.3 is 25.0 Å². The van der Waals surface area contributed by atoms with Crippen LogP contribution in [-0.2, 0) is 19.1 Å². The van der Waals surface area contributed by atoms with E-state index in [4.69, 9.17) is 72.3 Å². The van der Waals surface area contributed by atoms with Gasteiger partial charge in [0.15, 0.2) is 0 Å². The Bertz CT molecular complexity index is 2490. The first-order valence-corrected chi connectivity index (χ1v) is 29.2. The summed E-state index contributed by atoms with van der Waals surface area (Å²) in [6, 6.07) is 26.8. The van der Waals surface area contributed by atoms with Crippen LogP contribution in [0, 0.1) is 0 Å². The van der Waals surface area contributed by atoms with Crippen LogP contribution in [0.15, 0.2) is 94.7 Å². The lowest BCUT2D eigenvalue weighted by molar-refractivity contribution is 0.139. The molecule has 0 spiro atoms. The molecule has 2 aliphatic carbocycles. The van der Waals surface area contributed by atoms with Gasteiger partial charge >= 0.3 is 0 Å². The van der Waals surface area contributed by atoms with Crippen LogP contribution in [0.3, 0.4) is 0 Å². The summed E-state index contributed by atoms with van der Waals surface area (Å²) in [5, 5.41) is 0.953. The molecule has 2 aliphatic heterocycles. The highest BCUT2D eigenvalue weighted by molar-refractivity contribution is 8.13. The van der Waals surface area contributed by atoms with Gasteiger partial charge in [0.05, 0.1) is 33.6 Å². The lowest BCUT2D eigenvalue weighted by atomic mass is 9.90. The van der Waals surface area contributed by atoms with Crippen LogP contribution in [0.5, 0.6) is 11.5 Å². The van der Waals surface area contributed by atoms with E-state index in [0.717, 1.165) is 101 Å². The van der Waals surface area contributed by atoms with E-state index in [1.807, 2.05) is 12.1 Å². The van der Waals surface area contributed by atoms with Gasteiger partial charge in [-0.25, -0.2) is 21.6 Å². The van der Waals surface area contributed by atoms with E-state index in [9.17, 15) is 16.8 Å². The van der Waals surface area contributed by atoms with Crippen LogP contribution < -0.4 is 29.7 Å². The van der Waals surface area contributed by atoms with Gasteiger partial charge in [0, 0.05) is 97.3 Å². The molecule has 3 N–H and O–H groups in total. The molecular weight excluding hydrogens is 1020 g/mol. The standard InChI is InChI=1S/C25H33Cl2N3O3S.C19H31N3O.C6H3Cl3O2S/c1-18(2)33-24-6-4-3-5-23(24)30-15-13-29(14-16-30)21-10-8-20(9-11-21)28-34(31,32)25-12-7-19(26)17-22(25)27;1-15(2)23-19-6-4-3-5-18(19)22-13-11-21(12-14-22)17-9-7-16(20)8-10-17;7-4-1-2-6(5(8)3-4)12(9,10)11/h3-7,12,17-18,20-21,28H,8-11,13-16H2,1-2H3;3-6,15-17H,7-14,20H2,1-2H3;1-3H. The van der Waals surface area contributed by atoms with Crippen molar-refractivity contribution in [1.29, 1.82) is 0 Å². The third kappa shape index (κ3) is 16.4. The number of ether oxygens (including phenoxy) is 2. The predicted octanol–water partition coefficient (Wildman–Crippen LogP) is 11.0. The average Bonchev–Trinajstić information content (AvgIpc) is 3.29. The summed E-state index contributed by atoms with van der Waals surface area (Å²) < 4.78 is 62.1. The number of benzene rings is 4. The second-order valence-corrected chi connectivity index (χ2v) is 24.5. The largest absolute Gasteiger partial charge is 0.489 e. The Balaban J connectivity index is 0.000000191. The summed E-state index contributed by atoms with van der Waals surface area (Å²) in [4.78, 5) is 10.1. The fourth-order valence-corrected chi connectivity index (χ4v) is 13.3. The molecule has 0 amide bonds. The first kappa shape index (κ1) is 55.6. The first-order valence-electron chi connectivity index (χ1n) is 23.9. The van der Waals surface area contributed by atoms with Crippen LogP contribution in [-0.4, -0.2) is 115 Å². The monoisotopic (exact) mass is 1090 g/mol. The summed E-state index contributed by atoms with van der Waals surface area (Å²) in [6.45, 7) is 16.7. The molecule has 19 heteroatoms. The van der Waals surface area contributed by atoms with Gasteiger partial charge in [-0.15, -0.1) is 0 Å². The number of anilines is 2. The minimum atomic E-state index is -3.77. The van der Waals surface area contributed by atoms with Crippen molar-refractivity contribution in [2.24, 2.45) is 5.73 Å². The zero-order valence-corrected chi connectivity index (χ0v) is 45.3. The van der Waals surface area contributed by atoms with Crippen molar-refractivity contribution in [3.05, 3.63) is 105 Å². The highest BCUT2D eigenvalue weighted by Crippen LogP contribution is 2.34. The number of nitrogens with one attached hydrogen (secondary N) is 1. The number of hydrogen-bond acceptors (Lipinski definition) is 11. The summed E-state index contributed by atoms with van der Waals surface area (Å²) in [5.41, 5.74) is 8.44. The maximum Gasteiger partial charge on any atom is 0.262 e. The number of para-hydroxylation sites is 4. The molecule has 0 radical (unpaired) electrons. The normalized spacial score (nSPS) is 21.8. The molecule has 0 unspecified atom stereocenters. The lowest BCUT2D eigenvalue weighted by Crippen LogP contribution is -2.52. The molecule has 2 heterocycles. The minimum Gasteiger partial charge on any atom is -0.489 e. The molecule has 12 nitrogen and oxygen atoms in total. The number of nitrogens with two attached hydrogens (primary N) is 1. The molecule has 2 saturated heterocycles. The predicted molar refractivity (Wildman–Crippen MR) is 285 cm³/mol. The zero-order chi connectivity index (χ0) is 49.9. The fraction of sp³-hybridized carbons (Fsp3) is 0.520. The van der Waals surface area contributed by atoms with Gasteiger partial charge in [0.25, 0.3) is 9.05 Å². The van der Waals surface area contributed by atoms with Crippen molar-refractivity contribution in [3.8, 4) is 11.5 Å². The van der Waals surface area contributed by atoms with Crippen molar-refractivity contribution in [2.75, 3.05) is 62.2 Å². The van der Waals surface area contributed by atoms with Crippen LogP contribution in [0.2, 0.25) is 20.1 Å². The molecule has 0 aromatic heterocycles. The van der Waals surface area contributed by atoms with Crippen LogP contribution >= 0.6 is 57.1 Å². The van der Waals surface area contributed by atoms with Gasteiger partial charge in [-0.3, -0.25) is 9.80 Å².